The van der Waals surface area contributed by atoms with E-state index in [1.54, 1.807) is 0 Å². The minimum Gasteiger partial charge on any atom is -0.480 e. The molecule has 2 rings (SSSR count). The second kappa shape index (κ2) is 6.58. The molecule has 1 aromatic heterocycles. The van der Waals surface area contributed by atoms with Crippen LogP contribution in [-0.4, -0.2) is 41.8 Å². The van der Waals surface area contributed by atoms with Crippen LogP contribution in [0.5, 0.6) is 0 Å². The molecule has 2 aromatic rings. The first-order valence-electron chi connectivity index (χ1n) is 7.01. The van der Waals surface area contributed by atoms with Crippen molar-refractivity contribution in [3.05, 3.63) is 55.4 Å². The quantitative estimate of drug-likeness (QED) is 0.437. The van der Waals surface area contributed by atoms with Crippen LogP contribution in [0.1, 0.15) is 22.9 Å². The maximum Gasteiger partial charge on any atom is 0.322 e. The average molecular weight is 364 g/mol. The van der Waals surface area contributed by atoms with Gasteiger partial charge in [0, 0.05) is 17.3 Å². The van der Waals surface area contributed by atoms with Crippen LogP contribution >= 0.6 is 0 Å². The predicted molar refractivity (Wildman–Crippen MR) is 84.4 cm³/mol. The first-order valence-corrected chi connectivity index (χ1v) is 7.01. The van der Waals surface area contributed by atoms with Crippen molar-refractivity contribution < 1.29 is 29.6 Å². The first kappa shape index (κ1) is 18.5. The van der Waals surface area contributed by atoms with Crippen LogP contribution in [0.3, 0.4) is 0 Å². The van der Waals surface area contributed by atoms with Gasteiger partial charge in [-0.05, 0) is 19.9 Å². The monoisotopic (exact) mass is 364 g/mol. The molecule has 0 amide bonds. The van der Waals surface area contributed by atoms with E-state index in [4.69, 9.17) is 10.2 Å². The molecule has 2 N–H and O–H groups in total. The third-order valence-corrected chi connectivity index (χ3v) is 3.72. The third kappa shape index (κ3) is 3.07. The van der Waals surface area contributed by atoms with E-state index in [0.29, 0.717) is 0 Å². The summed E-state index contributed by atoms with van der Waals surface area (Å²) in [6, 6.07) is 2.87. The molecule has 0 bridgehead atoms. The van der Waals surface area contributed by atoms with Crippen LogP contribution in [0.25, 0.3) is 5.69 Å². The summed E-state index contributed by atoms with van der Waals surface area (Å²) in [5.41, 5.74) is -1.27. The molecule has 1 heterocycles. The molecule has 0 unspecified atom stereocenters. The highest BCUT2D eigenvalue weighted by molar-refractivity contribution is 5.99. The van der Waals surface area contributed by atoms with Crippen molar-refractivity contribution in [2.75, 3.05) is 0 Å². The zero-order valence-electron chi connectivity index (χ0n) is 13.4. The zero-order valence-corrected chi connectivity index (χ0v) is 13.4. The smallest absolute Gasteiger partial charge is 0.322 e. The van der Waals surface area contributed by atoms with Crippen LogP contribution in [0.15, 0.2) is 18.2 Å². The Kier molecular flexibility index (Phi) is 4.69. The van der Waals surface area contributed by atoms with Crippen molar-refractivity contribution in [2.24, 2.45) is 0 Å². The van der Waals surface area contributed by atoms with Gasteiger partial charge in [0.25, 0.3) is 5.69 Å². The molecule has 1 aromatic carbocycles. The molecule has 0 fully saturated rings. The van der Waals surface area contributed by atoms with Gasteiger partial charge in [-0.15, -0.1) is 0 Å². The first-order chi connectivity index (χ1) is 12.1. The molecule has 12 nitrogen and oxygen atoms in total. The second-order valence-corrected chi connectivity index (χ2v) is 5.29. The summed E-state index contributed by atoms with van der Waals surface area (Å²) in [5, 5.41) is 44.4. The second-order valence-electron chi connectivity index (χ2n) is 5.29. The summed E-state index contributed by atoms with van der Waals surface area (Å²) in [6.45, 7) is 2.73. The molecule has 0 radical (unpaired) electrons. The summed E-state index contributed by atoms with van der Waals surface area (Å²) in [4.78, 5) is 43.0. The van der Waals surface area contributed by atoms with E-state index in [0.717, 1.165) is 22.9 Å². The highest BCUT2D eigenvalue weighted by Crippen LogP contribution is 2.32. The van der Waals surface area contributed by atoms with Gasteiger partial charge in [0.2, 0.25) is 0 Å². The van der Waals surface area contributed by atoms with Crippen molar-refractivity contribution in [1.82, 2.24) is 9.78 Å². The number of nitro benzene ring substituents is 2. The number of nitro groups is 2. The van der Waals surface area contributed by atoms with Crippen LogP contribution in [0.2, 0.25) is 0 Å². The number of aliphatic carboxylic acids is 2. The van der Waals surface area contributed by atoms with E-state index < -0.39 is 39.1 Å². The van der Waals surface area contributed by atoms with Gasteiger partial charge in [-0.3, -0.25) is 29.8 Å². The molecule has 26 heavy (non-hydrogen) atoms. The molecule has 136 valence electrons. The molecule has 0 aliphatic carbocycles. The van der Waals surface area contributed by atoms with Gasteiger partial charge >= 0.3 is 17.6 Å². The van der Waals surface area contributed by atoms with Crippen molar-refractivity contribution in [3.63, 3.8) is 0 Å². The average Bonchev–Trinajstić information content (AvgIpc) is 2.82. The SMILES string of the molecule is Cc1nn(-c2ccc([N+](=O)[O-])cc2[N+](=O)[O-])c(C)c1C(C(=O)O)C(=O)O. The lowest BCUT2D eigenvalue weighted by Gasteiger charge is -2.09. The van der Waals surface area contributed by atoms with Crippen molar-refractivity contribution >= 4 is 23.3 Å². The molecular formula is C14H12N4O8. The number of benzene rings is 1. The van der Waals surface area contributed by atoms with E-state index in [2.05, 4.69) is 5.10 Å². The van der Waals surface area contributed by atoms with Gasteiger partial charge in [-0.2, -0.15) is 5.10 Å². The molecule has 12 heteroatoms. The number of hydrogen-bond donors (Lipinski definition) is 2. The molecule has 0 saturated carbocycles. The van der Waals surface area contributed by atoms with Crippen LogP contribution < -0.4 is 0 Å². The van der Waals surface area contributed by atoms with Gasteiger partial charge < -0.3 is 10.2 Å². The van der Waals surface area contributed by atoms with Gasteiger partial charge in [0.05, 0.1) is 21.6 Å². The molecular weight excluding hydrogens is 352 g/mol. The highest BCUT2D eigenvalue weighted by atomic mass is 16.6. The summed E-state index contributed by atoms with van der Waals surface area (Å²) < 4.78 is 1.01. The Labute approximate surface area is 144 Å². The number of nitrogens with zero attached hydrogens (tertiary/aromatic N) is 4. The lowest BCUT2D eigenvalue weighted by Crippen LogP contribution is -2.22. The summed E-state index contributed by atoms with van der Waals surface area (Å²) in [6.07, 6.45) is 0. The predicted octanol–water partition coefficient (Wildman–Crippen LogP) is 1.56. The number of aromatic nitrogens is 2. The fraction of sp³-hybridized carbons (Fsp3) is 0.214. The minimum absolute atomic E-state index is 0.0601. The molecule has 0 spiro atoms. The van der Waals surface area contributed by atoms with E-state index >= 15 is 0 Å². The third-order valence-electron chi connectivity index (χ3n) is 3.72. The number of non-ortho nitro benzene ring substituents is 1. The Morgan fingerprint density at radius 1 is 1.12 bits per heavy atom. The summed E-state index contributed by atoms with van der Waals surface area (Å²) in [5.74, 6) is -5.12. The maximum atomic E-state index is 11.3. The molecule has 0 aliphatic heterocycles. The number of hydrogen-bond acceptors (Lipinski definition) is 7. The number of carbonyl (C=O) groups is 2. The number of carboxylic acids is 2. The standard InChI is InChI=1S/C14H12N4O8/c1-6-11(12(13(19)20)14(21)22)7(2)16(15-6)9-4-3-8(17(23)24)5-10(9)18(25)26/h3-5,12H,1-2H3,(H,19,20)(H,21,22). The molecule has 0 atom stereocenters. The lowest BCUT2D eigenvalue weighted by atomic mass is 9.97. The Hall–Kier alpha value is -3.83. The Morgan fingerprint density at radius 3 is 2.15 bits per heavy atom. The van der Waals surface area contributed by atoms with Crippen molar-refractivity contribution in [2.45, 2.75) is 19.8 Å². The fourth-order valence-corrected chi connectivity index (χ4v) is 2.61. The molecule has 0 saturated heterocycles. The van der Waals surface area contributed by atoms with Gasteiger partial charge in [-0.25, -0.2) is 4.68 Å². The van der Waals surface area contributed by atoms with Crippen LogP contribution in [0.4, 0.5) is 11.4 Å². The number of aryl methyl sites for hydroxylation is 1. The normalized spacial score (nSPS) is 10.7. The van der Waals surface area contributed by atoms with Gasteiger partial charge in [-0.1, -0.05) is 0 Å². The van der Waals surface area contributed by atoms with E-state index in [1.165, 1.54) is 13.8 Å². The fourth-order valence-electron chi connectivity index (χ4n) is 2.61. The number of carboxylic acid groups (broad SMARTS) is 2. The van der Waals surface area contributed by atoms with E-state index in [1.807, 2.05) is 0 Å². The van der Waals surface area contributed by atoms with Crippen LogP contribution in [-0.2, 0) is 9.59 Å². The van der Waals surface area contributed by atoms with Gasteiger partial charge in [0.1, 0.15) is 5.69 Å². The Balaban J connectivity index is 2.74. The van der Waals surface area contributed by atoms with Crippen LogP contribution in [0, 0.1) is 34.1 Å². The van der Waals surface area contributed by atoms with Crippen molar-refractivity contribution in [3.8, 4) is 5.69 Å². The highest BCUT2D eigenvalue weighted by Gasteiger charge is 2.34. The lowest BCUT2D eigenvalue weighted by molar-refractivity contribution is -0.394. The summed E-state index contributed by atoms with van der Waals surface area (Å²) in [7, 11) is 0. The topological polar surface area (TPSA) is 179 Å². The van der Waals surface area contributed by atoms with E-state index in [-0.39, 0.29) is 22.6 Å². The zero-order chi connectivity index (χ0) is 19.8. The van der Waals surface area contributed by atoms with Crippen molar-refractivity contribution in [1.29, 1.82) is 0 Å². The van der Waals surface area contributed by atoms with E-state index in [9.17, 15) is 29.8 Å². The summed E-state index contributed by atoms with van der Waals surface area (Å²) >= 11 is 0. The Bertz CT molecular complexity index is 935. The number of rotatable bonds is 6. The van der Waals surface area contributed by atoms with Gasteiger partial charge in [0.15, 0.2) is 5.92 Å². The molecule has 0 aliphatic rings. The Morgan fingerprint density at radius 2 is 1.69 bits per heavy atom. The largest absolute Gasteiger partial charge is 0.480 e. The maximum absolute atomic E-state index is 11.3. The minimum atomic E-state index is -1.90.